The Balaban J connectivity index is 2.41. The van der Waals surface area contributed by atoms with Gasteiger partial charge in [0.05, 0.1) is 6.54 Å². The molecule has 6 heteroatoms. The molecule has 0 atom stereocenters. The predicted molar refractivity (Wildman–Crippen MR) is 64.2 cm³/mol. The summed E-state index contributed by atoms with van der Waals surface area (Å²) in [6, 6.07) is 6.08. The summed E-state index contributed by atoms with van der Waals surface area (Å²) >= 11 is 0. The van der Waals surface area contributed by atoms with E-state index in [2.05, 4.69) is 15.4 Å². The van der Waals surface area contributed by atoms with Crippen LogP contribution in [0.1, 0.15) is 5.56 Å². The second-order valence-electron chi connectivity index (χ2n) is 3.49. The first-order valence-electron chi connectivity index (χ1n) is 5.12. The Labute approximate surface area is 96.9 Å². The summed E-state index contributed by atoms with van der Waals surface area (Å²) < 4.78 is 1.25. The fraction of sp³-hybridized carbons (Fsp3) is 0.182. The minimum absolute atomic E-state index is 0.254. The van der Waals surface area contributed by atoms with Gasteiger partial charge in [-0.3, -0.25) is 14.7 Å². The van der Waals surface area contributed by atoms with Gasteiger partial charge in [-0.25, -0.2) is 9.67 Å². The van der Waals surface area contributed by atoms with E-state index in [0.29, 0.717) is 5.82 Å². The second kappa shape index (κ2) is 4.65. The van der Waals surface area contributed by atoms with Gasteiger partial charge in [-0.1, -0.05) is 6.07 Å². The van der Waals surface area contributed by atoms with Crippen LogP contribution in [0.3, 0.4) is 0 Å². The number of H-pyrrole nitrogens is 1. The molecule has 2 rings (SSSR count). The number of nitrogens with zero attached hydrogens (tertiary/aromatic N) is 2. The predicted octanol–water partition coefficient (Wildman–Crippen LogP) is 0.0216. The van der Waals surface area contributed by atoms with Gasteiger partial charge in [-0.05, 0) is 6.07 Å². The Hall–Kier alpha value is -2.37. The first kappa shape index (κ1) is 11.1. The molecule has 2 aromatic heterocycles. The zero-order chi connectivity index (χ0) is 12.3. The van der Waals surface area contributed by atoms with Gasteiger partial charge < -0.3 is 5.32 Å². The molecule has 0 bridgehead atoms. The van der Waals surface area contributed by atoms with E-state index in [1.54, 1.807) is 19.3 Å². The molecule has 0 aliphatic carbocycles. The molecular formula is C11H12N4O2. The molecule has 0 saturated carbocycles. The highest BCUT2D eigenvalue weighted by molar-refractivity contribution is 5.42. The van der Waals surface area contributed by atoms with Crippen molar-refractivity contribution in [3.63, 3.8) is 0 Å². The summed E-state index contributed by atoms with van der Waals surface area (Å²) in [6.07, 6.45) is 1.66. The zero-order valence-electron chi connectivity index (χ0n) is 9.30. The Kier molecular flexibility index (Phi) is 3.04. The molecule has 0 radical (unpaired) electrons. The maximum atomic E-state index is 11.5. The Morgan fingerprint density at radius 3 is 2.94 bits per heavy atom. The monoisotopic (exact) mass is 232 g/mol. The summed E-state index contributed by atoms with van der Waals surface area (Å²) in [5, 5.41) is 5.40. The quantitative estimate of drug-likeness (QED) is 0.782. The number of rotatable bonds is 3. The average Bonchev–Trinajstić information content (AvgIpc) is 2.34. The number of pyridine rings is 1. The van der Waals surface area contributed by atoms with Gasteiger partial charge >= 0.3 is 0 Å². The van der Waals surface area contributed by atoms with Gasteiger partial charge in [0, 0.05) is 30.9 Å². The Morgan fingerprint density at radius 2 is 2.18 bits per heavy atom. The van der Waals surface area contributed by atoms with Crippen LogP contribution in [-0.2, 0) is 6.54 Å². The lowest BCUT2D eigenvalue weighted by molar-refractivity contribution is 0.627. The number of anilines is 1. The third-order valence-corrected chi connectivity index (χ3v) is 2.35. The van der Waals surface area contributed by atoms with Crippen LogP contribution in [0.15, 0.2) is 40.1 Å². The molecule has 0 aromatic carbocycles. The van der Waals surface area contributed by atoms with Crippen molar-refractivity contribution in [3.8, 4) is 0 Å². The van der Waals surface area contributed by atoms with Crippen LogP contribution in [0.2, 0.25) is 0 Å². The van der Waals surface area contributed by atoms with Crippen molar-refractivity contribution in [1.29, 1.82) is 0 Å². The smallest absolute Gasteiger partial charge is 0.265 e. The summed E-state index contributed by atoms with van der Waals surface area (Å²) in [4.78, 5) is 26.8. The van der Waals surface area contributed by atoms with E-state index < -0.39 is 0 Å². The fourth-order valence-electron chi connectivity index (χ4n) is 1.54. The molecule has 2 heterocycles. The molecule has 6 nitrogen and oxygen atoms in total. The third-order valence-electron chi connectivity index (χ3n) is 2.35. The standard InChI is InChI=1S/C11H12N4O2/c1-12-11-8(3-2-6-13-11)7-15-10(17)5-4-9(16)14-15/h2-6H,7H2,1H3,(H,12,13)(H,14,16). The fourth-order valence-corrected chi connectivity index (χ4v) is 1.54. The van der Waals surface area contributed by atoms with Crippen LogP contribution < -0.4 is 16.4 Å². The number of aromatic amines is 1. The van der Waals surface area contributed by atoms with Crippen LogP contribution in [0, 0.1) is 0 Å². The minimum atomic E-state index is -0.306. The third kappa shape index (κ3) is 2.41. The highest BCUT2D eigenvalue weighted by atomic mass is 16.1. The van der Waals surface area contributed by atoms with E-state index in [0.717, 1.165) is 5.56 Å². The van der Waals surface area contributed by atoms with Gasteiger partial charge in [0.15, 0.2) is 0 Å². The molecule has 0 aliphatic heterocycles. The lowest BCUT2D eigenvalue weighted by atomic mass is 10.2. The molecule has 17 heavy (non-hydrogen) atoms. The number of hydrogen-bond donors (Lipinski definition) is 2. The number of aromatic nitrogens is 3. The first-order valence-corrected chi connectivity index (χ1v) is 5.12. The van der Waals surface area contributed by atoms with Crippen molar-refractivity contribution in [2.45, 2.75) is 6.54 Å². The number of nitrogens with one attached hydrogen (secondary N) is 2. The molecular weight excluding hydrogens is 220 g/mol. The van der Waals surface area contributed by atoms with Crippen LogP contribution in [0.4, 0.5) is 5.82 Å². The lowest BCUT2D eigenvalue weighted by Crippen LogP contribution is -2.28. The molecule has 88 valence electrons. The van der Waals surface area contributed by atoms with Gasteiger partial charge in [0.1, 0.15) is 5.82 Å². The van der Waals surface area contributed by atoms with Crippen LogP contribution in [0.25, 0.3) is 0 Å². The lowest BCUT2D eigenvalue weighted by Gasteiger charge is -2.08. The van der Waals surface area contributed by atoms with Gasteiger partial charge in [-0.2, -0.15) is 0 Å². The normalized spacial score (nSPS) is 10.2. The van der Waals surface area contributed by atoms with Crippen molar-refractivity contribution >= 4 is 5.82 Å². The topological polar surface area (TPSA) is 79.8 Å². The first-order chi connectivity index (χ1) is 8.20. The van der Waals surface area contributed by atoms with Crippen molar-refractivity contribution in [2.75, 3.05) is 12.4 Å². The van der Waals surface area contributed by atoms with Crippen molar-refractivity contribution in [3.05, 3.63) is 56.7 Å². The van der Waals surface area contributed by atoms with Gasteiger partial charge in [0.2, 0.25) is 0 Å². The van der Waals surface area contributed by atoms with E-state index in [4.69, 9.17) is 0 Å². The Bertz CT molecular complexity index is 630. The molecule has 0 spiro atoms. The average molecular weight is 232 g/mol. The molecule has 0 fully saturated rings. The van der Waals surface area contributed by atoms with Crippen molar-refractivity contribution in [1.82, 2.24) is 14.8 Å². The summed E-state index contributed by atoms with van der Waals surface area (Å²) in [6.45, 7) is 0.277. The highest BCUT2D eigenvalue weighted by Crippen LogP contribution is 2.10. The van der Waals surface area contributed by atoms with Crippen molar-refractivity contribution < 1.29 is 0 Å². The van der Waals surface area contributed by atoms with E-state index >= 15 is 0 Å². The van der Waals surface area contributed by atoms with Crippen LogP contribution in [0.5, 0.6) is 0 Å². The summed E-state index contributed by atoms with van der Waals surface area (Å²) in [5.74, 6) is 0.684. The van der Waals surface area contributed by atoms with Gasteiger partial charge in [-0.15, -0.1) is 0 Å². The van der Waals surface area contributed by atoms with Crippen LogP contribution >= 0.6 is 0 Å². The highest BCUT2D eigenvalue weighted by Gasteiger charge is 2.03. The van der Waals surface area contributed by atoms with E-state index in [9.17, 15) is 9.59 Å². The summed E-state index contributed by atoms with van der Waals surface area (Å²) in [5.41, 5.74) is 0.272. The van der Waals surface area contributed by atoms with E-state index in [-0.39, 0.29) is 17.7 Å². The maximum absolute atomic E-state index is 11.5. The van der Waals surface area contributed by atoms with E-state index in [1.807, 2.05) is 6.07 Å². The molecule has 0 aliphatic rings. The number of hydrogen-bond acceptors (Lipinski definition) is 4. The molecule has 2 N–H and O–H groups in total. The Morgan fingerprint density at radius 1 is 1.35 bits per heavy atom. The van der Waals surface area contributed by atoms with E-state index in [1.165, 1.54) is 16.8 Å². The SMILES string of the molecule is CNc1ncccc1Cn1[nH]c(=O)ccc1=O. The molecule has 0 saturated heterocycles. The van der Waals surface area contributed by atoms with Crippen molar-refractivity contribution in [2.24, 2.45) is 0 Å². The minimum Gasteiger partial charge on any atom is -0.373 e. The summed E-state index contributed by atoms with van der Waals surface area (Å²) in [7, 11) is 1.75. The molecule has 0 amide bonds. The van der Waals surface area contributed by atoms with Crippen LogP contribution in [-0.4, -0.2) is 21.8 Å². The molecule has 2 aromatic rings. The molecule has 0 unspecified atom stereocenters. The second-order valence-corrected chi connectivity index (χ2v) is 3.49. The maximum Gasteiger partial charge on any atom is 0.265 e. The largest absolute Gasteiger partial charge is 0.373 e. The zero-order valence-corrected chi connectivity index (χ0v) is 9.30. The van der Waals surface area contributed by atoms with Gasteiger partial charge in [0.25, 0.3) is 11.1 Å².